The summed E-state index contributed by atoms with van der Waals surface area (Å²) in [6.45, 7) is 2.89. The number of piperidine rings is 1. The first-order valence-corrected chi connectivity index (χ1v) is 7.62. The predicted molar refractivity (Wildman–Crippen MR) is 98.1 cm³/mol. The smallest absolute Gasteiger partial charge is 0.143 e. The van der Waals surface area contributed by atoms with Crippen LogP contribution in [0.3, 0.4) is 0 Å². The van der Waals surface area contributed by atoms with Crippen molar-refractivity contribution in [1.82, 2.24) is 4.90 Å². The van der Waals surface area contributed by atoms with E-state index in [9.17, 15) is 5.11 Å². The van der Waals surface area contributed by atoms with E-state index in [0.717, 1.165) is 30.8 Å². The second-order valence-corrected chi connectivity index (χ2v) is 5.76. The molecule has 1 aliphatic rings. The second-order valence-electron chi connectivity index (χ2n) is 5.76. The fraction of sp³-hybridized carbons (Fsp3) is 0.562. The summed E-state index contributed by atoms with van der Waals surface area (Å²) in [6.07, 6.45) is 4.39. The first kappa shape index (κ1) is 22.0. The number of aliphatic hydroxyl groups is 1. The van der Waals surface area contributed by atoms with Gasteiger partial charge < -0.3 is 20.9 Å². The molecule has 0 aromatic heterocycles. The summed E-state index contributed by atoms with van der Waals surface area (Å²) < 4.78 is 0. The first-order valence-electron chi connectivity index (χ1n) is 7.62. The minimum absolute atomic E-state index is 0. The van der Waals surface area contributed by atoms with E-state index in [-0.39, 0.29) is 36.8 Å². The summed E-state index contributed by atoms with van der Waals surface area (Å²) in [7, 11) is 0. The van der Waals surface area contributed by atoms with E-state index >= 15 is 0 Å². The van der Waals surface area contributed by atoms with Gasteiger partial charge in [-0.25, -0.2) is 0 Å². The Morgan fingerprint density at radius 2 is 1.74 bits per heavy atom. The molecule has 0 bridgehead atoms. The lowest BCUT2D eigenvalue weighted by Gasteiger charge is -2.28. The van der Waals surface area contributed by atoms with Crippen molar-refractivity contribution >= 4 is 30.6 Å². The Morgan fingerprint density at radius 1 is 1.13 bits per heavy atom. The number of rotatable bonds is 6. The summed E-state index contributed by atoms with van der Waals surface area (Å²) in [4.78, 5) is 2.33. The first-order chi connectivity index (χ1) is 10.2. The lowest BCUT2D eigenvalue weighted by Crippen LogP contribution is -2.37. The Bertz CT molecular complexity index is 480. The van der Waals surface area contributed by atoms with E-state index in [2.05, 4.69) is 10.1 Å². The van der Waals surface area contributed by atoms with Crippen molar-refractivity contribution in [3.63, 3.8) is 0 Å². The van der Waals surface area contributed by atoms with Gasteiger partial charge in [-0.3, -0.25) is 0 Å². The number of likely N-dealkylation sites (tertiary alicyclic amines) is 1. The van der Waals surface area contributed by atoms with Gasteiger partial charge in [-0.15, -0.1) is 24.8 Å². The fourth-order valence-corrected chi connectivity index (χ4v) is 2.92. The van der Waals surface area contributed by atoms with Gasteiger partial charge in [-0.05, 0) is 43.5 Å². The number of oxime groups is 1. The quantitative estimate of drug-likeness (QED) is 0.313. The van der Waals surface area contributed by atoms with Gasteiger partial charge in [0.2, 0.25) is 0 Å². The highest BCUT2D eigenvalue weighted by molar-refractivity contribution is 5.85. The molecule has 132 valence electrons. The molecule has 1 heterocycles. The fourth-order valence-electron chi connectivity index (χ4n) is 2.92. The third-order valence-electron chi connectivity index (χ3n) is 3.99. The number of benzene rings is 1. The number of amidine groups is 1. The Morgan fingerprint density at radius 3 is 2.35 bits per heavy atom. The van der Waals surface area contributed by atoms with Gasteiger partial charge in [0.05, 0.1) is 6.10 Å². The van der Waals surface area contributed by atoms with Crippen LogP contribution in [0.15, 0.2) is 29.4 Å². The van der Waals surface area contributed by atoms with Gasteiger partial charge in [-0.1, -0.05) is 35.8 Å². The average molecular weight is 364 g/mol. The maximum atomic E-state index is 10.3. The number of hydrogen-bond donors (Lipinski definition) is 3. The Labute approximate surface area is 150 Å². The predicted octanol–water partition coefficient (Wildman–Crippen LogP) is 2.21. The Kier molecular flexibility index (Phi) is 11.0. The molecule has 1 aromatic carbocycles. The van der Waals surface area contributed by atoms with E-state index in [0.29, 0.717) is 12.8 Å². The molecule has 5 nitrogen and oxygen atoms in total. The third-order valence-corrected chi connectivity index (χ3v) is 3.99. The molecular formula is C16H27Cl2N3O2. The molecule has 1 aromatic rings. The maximum absolute atomic E-state index is 10.3. The van der Waals surface area contributed by atoms with Gasteiger partial charge >= 0.3 is 0 Å². The lowest BCUT2D eigenvalue weighted by atomic mass is 9.98. The summed E-state index contributed by atoms with van der Waals surface area (Å²) in [5.41, 5.74) is 7.65. The van der Waals surface area contributed by atoms with Crippen molar-refractivity contribution in [2.45, 2.75) is 38.2 Å². The van der Waals surface area contributed by atoms with Crippen LogP contribution in [0.5, 0.6) is 0 Å². The van der Waals surface area contributed by atoms with Crippen molar-refractivity contribution in [3.05, 3.63) is 35.4 Å². The largest absolute Gasteiger partial charge is 0.409 e. The Hall–Kier alpha value is -1.01. The Balaban J connectivity index is 0.00000242. The molecule has 2 rings (SSSR count). The number of hydrogen-bond acceptors (Lipinski definition) is 4. The van der Waals surface area contributed by atoms with Crippen LogP contribution in [0.1, 0.15) is 30.4 Å². The molecule has 1 aliphatic heterocycles. The van der Waals surface area contributed by atoms with Gasteiger partial charge in [0.1, 0.15) is 5.84 Å². The maximum Gasteiger partial charge on any atom is 0.143 e. The highest BCUT2D eigenvalue weighted by Gasteiger charge is 2.16. The van der Waals surface area contributed by atoms with Gasteiger partial charge in [0, 0.05) is 13.0 Å². The normalized spacial score (nSPS) is 17.0. The molecule has 1 fully saturated rings. The minimum atomic E-state index is -0.378. The monoisotopic (exact) mass is 363 g/mol. The van der Waals surface area contributed by atoms with Crippen molar-refractivity contribution in [2.75, 3.05) is 19.6 Å². The second kappa shape index (κ2) is 11.5. The molecule has 0 amide bonds. The van der Waals surface area contributed by atoms with E-state index in [4.69, 9.17) is 10.9 Å². The van der Waals surface area contributed by atoms with Gasteiger partial charge in [0.15, 0.2) is 0 Å². The molecule has 7 heteroatoms. The topological polar surface area (TPSA) is 82.1 Å². The molecule has 0 aliphatic carbocycles. The van der Waals surface area contributed by atoms with Crippen molar-refractivity contribution in [2.24, 2.45) is 10.9 Å². The zero-order chi connectivity index (χ0) is 15.1. The molecule has 0 radical (unpaired) electrons. The molecular weight excluding hydrogens is 337 g/mol. The van der Waals surface area contributed by atoms with Gasteiger partial charge in [-0.2, -0.15) is 0 Å². The van der Waals surface area contributed by atoms with Crippen LogP contribution in [0.4, 0.5) is 0 Å². The highest BCUT2D eigenvalue weighted by Crippen LogP contribution is 2.14. The summed E-state index contributed by atoms with van der Waals surface area (Å²) in [6, 6.07) is 7.85. The van der Waals surface area contributed by atoms with E-state index in [1.54, 1.807) is 0 Å². The standard InChI is InChI=1S/C16H25N3O2.2ClH/c17-16(18-21)11-14-7-3-2-6-13(14)10-15(20)12-19-8-4-1-5-9-19;;/h2-3,6-7,15,20-21H,1,4-5,8-12H2,(H2,17,18);2*1H. The van der Waals surface area contributed by atoms with Crippen LogP contribution in [0.2, 0.25) is 0 Å². The summed E-state index contributed by atoms with van der Waals surface area (Å²) in [5, 5.41) is 22.0. The molecule has 1 atom stereocenters. The number of nitrogens with two attached hydrogens (primary N) is 1. The van der Waals surface area contributed by atoms with Crippen LogP contribution in [0, 0.1) is 0 Å². The molecule has 1 saturated heterocycles. The van der Waals surface area contributed by atoms with E-state index < -0.39 is 0 Å². The highest BCUT2D eigenvalue weighted by atomic mass is 35.5. The zero-order valence-electron chi connectivity index (χ0n) is 13.2. The summed E-state index contributed by atoms with van der Waals surface area (Å²) >= 11 is 0. The summed E-state index contributed by atoms with van der Waals surface area (Å²) in [5.74, 6) is 0.188. The number of aliphatic hydroxyl groups excluding tert-OH is 1. The van der Waals surface area contributed by atoms with Crippen LogP contribution in [-0.4, -0.2) is 46.8 Å². The molecule has 1 unspecified atom stereocenters. The van der Waals surface area contributed by atoms with Gasteiger partial charge in [0.25, 0.3) is 0 Å². The number of β-amino-alcohol motifs (C(OH)–C–C–N with tert-alkyl or cyclic N) is 1. The lowest BCUT2D eigenvalue weighted by molar-refractivity contribution is 0.101. The van der Waals surface area contributed by atoms with Crippen LogP contribution < -0.4 is 5.73 Å². The molecule has 0 saturated carbocycles. The van der Waals surface area contributed by atoms with E-state index in [1.807, 2.05) is 24.3 Å². The molecule has 23 heavy (non-hydrogen) atoms. The van der Waals surface area contributed by atoms with Crippen LogP contribution in [-0.2, 0) is 12.8 Å². The number of nitrogens with zero attached hydrogens (tertiary/aromatic N) is 2. The average Bonchev–Trinajstić information content (AvgIpc) is 2.50. The SMILES string of the molecule is Cl.Cl.NC(Cc1ccccc1CC(O)CN1CCCCC1)=NO. The van der Waals surface area contributed by atoms with Crippen molar-refractivity contribution < 1.29 is 10.3 Å². The van der Waals surface area contributed by atoms with Crippen molar-refractivity contribution in [1.29, 1.82) is 0 Å². The molecule has 0 spiro atoms. The van der Waals surface area contributed by atoms with Crippen molar-refractivity contribution in [3.8, 4) is 0 Å². The minimum Gasteiger partial charge on any atom is -0.409 e. The van der Waals surface area contributed by atoms with E-state index in [1.165, 1.54) is 19.3 Å². The van der Waals surface area contributed by atoms with Crippen LogP contribution in [0.25, 0.3) is 0 Å². The zero-order valence-corrected chi connectivity index (χ0v) is 14.9. The molecule has 4 N–H and O–H groups in total. The third kappa shape index (κ3) is 7.40. The van der Waals surface area contributed by atoms with Crippen LogP contribution >= 0.6 is 24.8 Å². The number of halogens is 2.